The van der Waals surface area contributed by atoms with Crippen LogP contribution in [-0.2, 0) is 54.7 Å². The molecule has 1 saturated heterocycles. The Morgan fingerprint density at radius 3 is 1.76 bits per heavy atom. The summed E-state index contributed by atoms with van der Waals surface area (Å²) >= 11 is 0. The Kier molecular flexibility index (Phi) is 23.9. The van der Waals surface area contributed by atoms with Crippen LogP contribution in [0.1, 0.15) is 69.7 Å². The molecule has 2 heterocycles. The van der Waals surface area contributed by atoms with Crippen LogP contribution in [0.3, 0.4) is 0 Å². The van der Waals surface area contributed by atoms with Crippen LogP contribution < -0.4 is 48.3 Å². The molecule has 4 rings (SSSR count). The topological polar surface area (TPSA) is 279 Å². The second-order valence-electron chi connectivity index (χ2n) is 17.3. The highest BCUT2D eigenvalue weighted by atomic mass is 16.4. The number of carbonyl (C=O) groups is 6. The van der Waals surface area contributed by atoms with Gasteiger partial charge >= 0.3 is 5.97 Å². The molecule has 1 aliphatic heterocycles. The lowest BCUT2D eigenvalue weighted by Gasteiger charge is -2.28. The minimum atomic E-state index is -1.27. The molecule has 5 unspecified atom stereocenters. The van der Waals surface area contributed by atoms with Gasteiger partial charge in [0.2, 0.25) is 29.5 Å². The Hall–Kier alpha value is -5.80. The molecule has 0 saturated carbocycles. The van der Waals surface area contributed by atoms with Crippen molar-refractivity contribution in [1.82, 2.24) is 62.4 Å². The van der Waals surface area contributed by atoms with E-state index in [4.69, 9.17) is 5.73 Å². The van der Waals surface area contributed by atoms with Gasteiger partial charge in [-0.2, -0.15) is 0 Å². The van der Waals surface area contributed by atoms with Gasteiger partial charge in [-0.15, -0.1) is 5.10 Å². The van der Waals surface area contributed by atoms with Crippen LogP contribution in [0.25, 0.3) is 0 Å². The van der Waals surface area contributed by atoms with Gasteiger partial charge in [0.1, 0.15) is 36.8 Å². The Labute approximate surface area is 394 Å². The van der Waals surface area contributed by atoms with Gasteiger partial charge in [0.25, 0.3) is 0 Å². The quantitative estimate of drug-likeness (QED) is 0.0478. The maximum absolute atomic E-state index is 14.0. The predicted molar refractivity (Wildman–Crippen MR) is 254 cm³/mol. The number of benzene rings is 2. The van der Waals surface area contributed by atoms with Crippen molar-refractivity contribution in [3.05, 3.63) is 83.7 Å². The number of rotatable bonds is 25. The number of unbranched alkanes of at least 4 members (excludes halogenated alkanes) is 1. The van der Waals surface area contributed by atoms with Crippen LogP contribution >= 0.6 is 0 Å². The monoisotopic (exact) mass is 932 g/mol. The summed E-state index contributed by atoms with van der Waals surface area (Å²) in [6, 6.07) is 12.2. The molecule has 1 fully saturated rings. The lowest BCUT2D eigenvalue weighted by Crippen LogP contribution is -2.60. The number of aliphatic carboxylic acids is 1. The van der Waals surface area contributed by atoms with Crippen molar-refractivity contribution in [2.75, 3.05) is 58.9 Å². The fourth-order valence-electron chi connectivity index (χ4n) is 7.60. The van der Waals surface area contributed by atoms with Gasteiger partial charge in [0.15, 0.2) is 0 Å². The first-order valence-corrected chi connectivity index (χ1v) is 23.6. The first kappa shape index (κ1) is 53.8. The number of nitrogens with one attached hydrogen (secondary N) is 8. The van der Waals surface area contributed by atoms with Crippen LogP contribution in [0.4, 0.5) is 0 Å². The third-order valence-corrected chi connectivity index (χ3v) is 11.3. The van der Waals surface area contributed by atoms with Crippen molar-refractivity contribution in [3.8, 4) is 0 Å². The standard InChI is InChI=1S/C47H73N13O7/c1-4-13-37(53-43(62)38(18-11-12-19-48)52-41(61)32-60-31-36(57-58-60)30-59-26-24-50-22-20-49-21-23-51-25-27-59)44(63)56-42(33(2)3)46(65)54-39(28-34-14-7-5-8-15-34)45(64)55-40(47(66)67)29-35-16-9-6-10-17-35/h5-10,14-17,31,33,37-40,42,49-51H,4,11-13,18-30,32,48H2,1-3H3,(H,52,61)(H,53,62)(H,54,65)(H,55,64)(H,56,63)(H,66,67). The number of carboxylic acid groups (broad SMARTS) is 1. The molecule has 0 radical (unpaired) electrons. The van der Waals surface area contributed by atoms with Crippen LogP contribution in [0.15, 0.2) is 66.9 Å². The third-order valence-electron chi connectivity index (χ3n) is 11.3. The van der Waals surface area contributed by atoms with E-state index in [1.165, 1.54) is 4.68 Å². The van der Waals surface area contributed by atoms with E-state index in [1.807, 2.05) is 13.0 Å². The molecule has 3 aromatic rings. The van der Waals surface area contributed by atoms with E-state index in [0.29, 0.717) is 43.6 Å². The number of nitrogens with zero attached hydrogens (tertiary/aromatic N) is 4. The average Bonchev–Trinajstić information content (AvgIpc) is 3.74. The molecule has 0 spiro atoms. The number of hydrogen-bond donors (Lipinski definition) is 10. The number of hydrogen-bond acceptors (Lipinski definition) is 13. The lowest BCUT2D eigenvalue weighted by molar-refractivity contribution is -0.142. The second kappa shape index (κ2) is 29.8. The van der Waals surface area contributed by atoms with Crippen LogP contribution in [0, 0.1) is 5.92 Å². The third kappa shape index (κ3) is 19.9. The number of aromatic nitrogens is 3. The highest BCUT2D eigenvalue weighted by Gasteiger charge is 2.34. The Morgan fingerprint density at radius 1 is 0.672 bits per heavy atom. The van der Waals surface area contributed by atoms with E-state index in [9.17, 15) is 33.9 Å². The van der Waals surface area contributed by atoms with Crippen molar-refractivity contribution in [2.24, 2.45) is 11.7 Å². The SMILES string of the molecule is CCCC(NC(=O)C(CCCCN)NC(=O)Cn1cc(CN2CCNCCNCCNCC2)nn1)C(=O)NC(C(=O)NC(Cc1ccccc1)C(=O)NC(Cc1ccccc1)C(=O)O)C(C)C. The molecular weight excluding hydrogens is 859 g/mol. The molecule has 11 N–H and O–H groups in total. The van der Waals surface area contributed by atoms with Crippen molar-refractivity contribution in [2.45, 2.75) is 109 Å². The molecule has 0 aliphatic carbocycles. The molecule has 5 atom stereocenters. The summed E-state index contributed by atoms with van der Waals surface area (Å²) in [7, 11) is 0. The van der Waals surface area contributed by atoms with E-state index in [2.05, 4.69) is 57.7 Å². The van der Waals surface area contributed by atoms with Gasteiger partial charge < -0.3 is 53.4 Å². The summed E-state index contributed by atoms with van der Waals surface area (Å²) in [4.78, 5) is 83.7. The smallest absolute Gasteiger partial charge is 0.326 e. The molecule has 20 nitrogen and oxygen atoms in total. The molecular formula is C47H73N13O7. The van der Waals surface area contributed by atoms with E-state index < -0.39 is 71.6 Å². The zero-order valence-electron chi connectivity index (χ0n) is 39.3. The maximum atomic E-state index is 14.0. The van der Waals surface area contributed by atoms with Gasteiger partial charge in [-0.05, 0) is 49.3 Å². The van der Waals surface area contributed by atoms with Crippen molar-refractivity contribution in [1.29, 1.82) is 0 Å². The zero-order valence-corrected chi connectivity index (χ0v) is 39.3. The minimum absolute atomic E-state index is 0.0256. The second-order valence-corrected chi connectivity index (χ2v) is 17.3. The summed E-state index contributed by atoms with van der Waals surface area (Å²) < 4.78 is 1.44. The first-order valence-electron chi connectivity index (χ1n) is 23.6. The fourth-order valence-corrected chi connectivity index (χ4v) is 7.60. The summed E-state index contributed by atoms with van der Waals surface area (Å²) in [5, 5.41) is 42.6. The molecule has 67 heavy (non-hydrogen) atoms. The highest BCUT2D eigenvalue weighted by molar-refractivity contribution is 5.96. The van der Waals surface area contributed by atoms with Gasteiger partial charge in [-0.25, -0.2) is 9.48 Å². The van der Waals surface area contributed by atoms with E-state index in [1.54, 1.807) is 74.6 Å². The van der Waals surface area contributed by atoms with E-state index in [-0.39, 0.29) is 32.2 Å². The van der Waals surface area contributed by atoms with Crippen molar-refractivity contribution < 1.29 is 33.9 Å². The number of nitrogens with two attached hydrogens (primary N) is 1. The molecule has 20 heteroatoms. The zero-order chi connectivity index (χ0) is 48.4. The number of carbonyl (C=O) groups excluding carboxylic acids is 5. The Balaban J connectivity index is 1.41. The fraction of sp³-hybridized carbons (Fsp3) is 0.574. The molecule has 2 aromatic carbocycles. The van der Waals surface area contributed by atoms with Crippen LogP contribution in [0.5, 0.6) is 0 Å². The molecule has 5 amide bonds. The number of amides is 5. The van der Waals surface area contributed by atoms with Crippen LogP contribution in [-0.4, -0.2) is 150 Å². The van der Waals surface area contributed by atoms with Crippen LogP contribution in [0.2, 0.25) is 0 Å². The Bertz CT molecular complexity index is 1960. The summed E-state index contributed by atoms with van der Waals surface area (Å²) in [5.41, 5.74) is 7.90. The van der Waals surface area contributed by atoms with Gasteiger partial charge in [0, 0.05) is 71.7 Å². The largest absolute Gasteiger partial charge is 0.480 e. The minimum Gasteiger partial charge on any atom is -0.480 e. The molecule has 368 valence electrons. The predicted octanol–water partition coefficient (Wildman–Crippen LogP) is -0.558. The average molecular weight is 932 g/mol. The first-order chi connectivity index (χ1) is 32.4. The number of carboxylic acids is 1. The summed E-state index contributed by atoms with van der Waals surface area (Å²) in [5.74, 6) is -4.71. The maximum Gasteiger partial charge on any atom is 0.326 e. The normalized spacial score (nSPS) is 16.2. The van der Waals surface area contributed by atoms with E-state index in [0.717, 1.165) is 57.9 Å². The molecule has 1 aromatic heterocycles. The van der Waals surface area contributed by atoms with E-state index >= 15 is 0 Å². The highest BCUT2D eigenvalue weighted by Crippen LogP contribution is 2.11. The van der Waals surface area contributed by atoms with Crippen molar-refractivity contribution >= 4 is 35.5 Å². The summed E-state index contributed by atoms with van der Waals surface area (Å²) in [6.07, 6.45) is 3.95. The van der Waals surface area contributed by atoms with Gasteiger partial charge in [-0.1, -0.05) is 93.1 Å². The van der Waals surface area contributed by atoms with Gasteiger partial charge in [-0.3, -0.25) is 28.9 Å². The lowest BCUT2D eigenvalue weighted by atomic mass is 9.99. The molecule has 1 aliphatic rings. The molecule has 0 bridgehead atoms. The summed E-state index contributed by atoms with van der Waals surface area (Å²) in [6.45, 7) is 12.9. The van der Waals surface area contributed by atoms with Crippen molar-refractivity contribution in [3.63, 3.8) is 0 Å². The van der Waals surface area contributed by atoms with Gasteiger partial charge in [0.05, 0.1) is 11.9 Å². The Morgan fingerprint density at radius 2 is 1.19 bits per heavy atom.